The van der Waals surface area contributed by atoms with Gasteiger partial charge in [-0.2, -0.15) is 0 Å². The van der Waals surface area contributed by atoms with Gasteiger partial charge in [-0.1, -0.05) is 30.3 Å². The molecule has 4 nitrogen and oxygen atoms in total. The second kappa shape index (κ2) is 8.96. The molecule has 1 aliphatic rings. The molecule has 0 aromatic heterocycles. The summed E-state index contributed by atoms with van der Waals surface area (Å²) in [6.07, 6.45) is -0.0582. The van der Waals surface area contributed by atoms with E-state index in [1.807, 2.05) is 6.07 Å². The lowest BCUT2D eigenvalue weighted by molar-refractivity contribution is -0.138. The maximum atomic E-state index is 13.5. The molecule has 2 unspecified atom stereocenters. The summed E-state index contributed by atoms with van der Waals surface area (Å²) in [5.74, 6) is -1.78. The normalized spacial score (nSPS) is 17.5. The minimum absolute atomic E-state index is 0. The SMILES string of the molecule is Cl.NCC1CCN(C(=O)C(Oc2ccc(F)c(F)c2)c2ccccc2)C1. The van der Waals surface area contributed by atoms with Crippen LogP contribution in [-0.2, 0) is 4.79 Å². The van der Waals surface area contributed by atoms with Crippen LogP contribution >= 0.6 is 12.4 Å². The number of hydrogen-bond donors (Lipinski definition) is 1. The molecule has 0 radical (unpaired) electrons. The quantitative estimate of drug-likeness (QED) is 0.863. The lowest BCUT2D eigenvalue weighted by atomic mass is 10.1. The molecule has 2 N–H and O–H groups in total. The Kier molecular flexibility index (Phi) is 6.94. The summed E-state index contributed by atoms with van der Waals surface area (Å²) in [5, 5.41) is 0. The monoisotopic (exact) mass is 382 g/mol. The Morgan fingerprint density at radius 3 is 2.54 bits per heavy atom. The summed E-state index contributed by atoms with van der Waals surface area (Å²) in [6, 6.07) is 12.2. The fraction of sp³-hybridized carbons (Fsp3) is 0.316. The minimum Gasteiger partial charge on any atom is -0.476 e. The molecule has 2 aromatic carbocycles. The van der Waals surface area contributed by atoms with Gasteiger partial charge in [-0.05, 0) is 31.0 Å². The number of benzene rings is 2. The smallest absolute Gasteiger partial charge is 0.268 e. The Balaban J connectivity index is 0.00000243. The third-order valence-electron chi connectivity index (χ3n) is 4.40. The summed E-state index contributed by atoms with van der Waals surface area (Å²) in [7, 11) is 0. The van der Waals surface area contributed by atoms with E-state index in [2.05, 4.69) is 0 Å². The molecule has 0 saturated carbocycles. The molecule has 2 aromatic rings. The molecule has 0 aliphatic carbocycles. The van der Waals surface area contributed by atoms with Crippen LogP contribution < -0.4 is 10.5 Å². The van der Waals surface area contributed by atoms with Crippen molar-refractivity contribution in [1.82, 2.24) is 4.90 Å². The highest BCUT2D eigenvalue weighted by Crippen LogP contribution is 2.27. The molecule has 0 bridgehead atoms. The molecule has 140 valence electrons. The number of ether oxygens (including phenoxy) is 1. The average molecular weight is 383 g/mol. The van der Waals surface area contributed by atoms with Crippen LogP contribution in [0.3, 0.4) is 0 Å². The number of halogens is 3. The zero-order valence-electron chi connectivity index (χ0n) is 14.1. The number of amides is 1. The van der Waals surface area contributed by atoms with Crippen LogP contribution in [0.25, 0.3) is 0 Å². The number of carbonyl (C=O) groups excluding carboxylic acids is 1. The van der Waals surface area contributed by atoms with Crippen molar-refractivity contribution in [2.45, 2.75) is 12.5 Å². The van der Waals surface area contributed by atoms with Crippen molar-refractivity contribution in [3.63, 3.8) is 0 Å². The highest BCUT2D eigenvalue weighted by atomic mass is 35.5. The first-order chi connectivity index (χ1) is 12.1. The minimum atomic E-state index is -1.01. The van der Waals surface area contributed by atoms with E-state index in [1.165, 1.54) is 6.07 Å². The van der Waals surface area contributed by atoms with Gasteiger partial charge in [0.25, 0.3) is 5.91 Å². The molecule has 1 heterocycles. The molecule has 1 amide bonds. The maximum absolute atomic E-state index is 13.5. The van der Waals surface area contributed by atoms with Gasteiger partial charge >= 0.3 is 0 Å². The third kappa shape index (κ3) is 4.51. The van der Waals surface area contributed by atoms with Gasteiger partial charge in [0.05, 0.1) is 0 Å². The Bertz CT molecular complexity index is 746. The number of nitrogens with zero attached hydrogens (tertiary/aromatic N) is 1. The molecule has 2 atom stereocenters. The number of hydrogen-bond acceptors (Lipinski definition) is 3. The van der Waals surface area contributed by atoms with Crippen LogP contribution in [0.4, 0.5) is 8.78 Å². The fourth-order valence-electron chi connectivity index (χ4n) is 2.97. The summed E-state index contributed by atoms with van der Waals surface area (Å²) >= 11 is 0. The van der Waals surface area contributed by atoms with Crippen LogP contribution in [0, 0.1) is 17.6 Å². The van der Waals surface area contributed by atoms with Crippen molar-refractivity contribution in [2.75, 3.05) is 19.6 Å². The van der Waals surface area contributed by atoms with Crippen LogP contribution in [0.15, 0.2) is 48.5 Å². The van der Waals surface area contributed by atoms with E-state index in [4.69, 9.17) is 10.5 Å². The Morgan fingerprint density at radius 1 is 1.19 bits per heavy atom. The zero-order chi connectivity index (χ0) is 17.8. The Labute approximate surface area is 157 Å². The summed E-state index contributed by atoms with van der Waals surface area (Å²) in [4.78, 5) is 14.7. The first kappa shape index (κ1) is 20.1. The van der Waals surface area contributed by atoms with E-state index in [1.54, 1.807) is 29.2 Å². The summed E-state index contributed by atoms with van der Waals surface area (Å²) < 4.78 is 32.3. The summed E-state index contributed by atoms with van der Waals surface area (Å²) in [6.45, 7) is 1.73. The van der Waals surface area contributed by atoms with Crippen molar-refractivity contribution in [2.24, 2.45) is 11.7 Å². The topological polar surface area (TPSA) is 55.6 Å². The molecule has 1 aliphatic heterocycles. The average Bonchev–Trinajstić information content (AvgIpc) is 3.12. The van der Waals surface area contributed by atoms with E-state index in [0.717, 1.165) is 18.6 Å². The van der Waals surface area contributed by atoms with E-state index in [0.29, 0.717) is 25.2 Å². The van der Waals surface area contributed by atoms with Gasteiger partial charge in [0.1, 0.15) is 5.75 Å². The van der Waals surface area contributed by atoms with Crippen LogP contribution in [0.2, 0.25) is 0 Å². The molecule has 7 heteroatoms. The van der Waals surface area contributed by atoms with Crippen molar-refractivity contribution in [3.8, 4) is 5.75 Å². The van der Waals surface area contributed by atoms with Crippen LogP contribution in [0.5, 0.6) is 5.75 Å². The van der Waals surface area contributed by atoms with Gasteiger partial charge in [-0.25, -0.2) is 8.78 Å². The predicted octanol–water partition coefficient (Wildman–Crippen LogP) is 3.31. The van der Waals surface area contributed by atoms with E-state index < -0.39 is 17.7 Å². The molecule has 26 heavy (non-hydrogen) atoms. The highest BCUT2D eigenvalue weighted by molar-refractivity contribution is 5.85. The van der Waals surface area contributed by atoms with Crippen molar-refractivity contribution < 1.29 is 18.3 Å². The number of carbonyl (C=O) groups is 1. The van der Waals surface area contributed by atoms with Gasteiger partial charge < -0.3 is 15.4 Å². The molecular weight excluding hydrogens is 362 g/mol. The number of nitrogens with two attached hydrogens (primary N) is 1. The highest BCUT2D eigenvalue weighted by Gasteiger charge is 2.32. The Morgan fingerprint density at radius 2 is 1.92 bits per heavy atom. The second-order valence-corrected chi connectivity index (χ2v) is 6.16. The van der Waals surface area contributed by atoms with Crippen LogP contribution in [0.1, 0.15) is 18.1 Å². The first-order valence-electron chi connectivity index (χ1n) is 8.24. The molecule has 3 rings (SSSR count). The van der Waals surface area contributed by atoms with E-state index in [-0.39, 0.29) is 30.0 Å². The van der Waals surface area contributed by atoms with Crippen LogP contribution in [-0.4, -0.2) is 30.4 Å². The largest absolute Gasteiger partial charge is 0.476 e. The molecule has 0 spiro atoms. The van der Waals surface area contributed by atoms with Crippen molar-refractivity contribution >= 4 is 18.3 Å². The van der Waals surface area contributed by atoms with Gasteiger partial charge in [0, 0.05) is 24.7 Å². The maximum Gasteiger partial charge on any atom is 0.268 e. The third-order valence-corrected chi connectivity index (χ3v) is 4.40. The number of likely N-dealkylation sites (tertiary alicyclic amines) is 1. The first-order valence-corrected chi connectivity index (χ1v) is 8.24. The number of rotatable bonds is 5. The van der Waals surface area contributed by atoms with Crippen molar-refractivity contribution in [1.29, 1.82) is 0 Å². The van der Waals surface area contributed by atoms with E-state index >= 15 is 0 Å². The molecule has 1 saturated heterocycles. The van der Waals surface area contributed by atoms with Gasteiger partial charge in [0.15, 0.2) is 11.6 Å². The molecule has 1 fully saturated rings. The fourth-order valence-corrected chi connectivity index (χ4v) is 2.97. The molecular formula is C19H21ClF2N2O2. The van der Waals surface area contributed by atoms with Gasteiger partial charge in [0.2, 0.25) is 6.10 Å². The Hall–Kier alpha value is -2.18. The standard InChI is InChI=1S/C19H20F2N2O2.ClH/c20-16-7-6-15(10-17(16)21)25-18(14-4-2-1-3-5-14)19(24)23-9-8-13(11-22)12-23;/h1-7,10,13,18H,8-9,11-12,22H2;1H. The predicted molar refractivity (Wildman–Crippen MR) is 97.2 cm³/mol. The lowest BCUT2D eigenvalue weighted by Crippen LogP contribution is -2.36. The lowest BCUT2D eigenvalue weighted by Gasteiger charge is -2.25. The zero-order valence-corrected chi connectivity index (χ0v) is 14.9. The van der Waals surface area contributed by atoms with Gasteiger partial charge in [-0.15, -0.1) is 12.4 Å². The summed E-state index contributed by atoms with van der Waals surface area (Å²) in [5.41, 5.74) is 6.35. The van der Waals surface area contributed by atoms with E-state index in [9.17, 15) is 13.6 Å². The second-order valence-electron chi connectivity index (χ2n) is 6.16. The van der Waals surface area contributed by atoms with Crippen molar-refractivity contribution in [3.05, 3.63) is 65.7 Å². The van der Waals surface area contributed by atoms with Gasteiger partial charge in [-0.3, -0.25) is 4.79 Å².